The molecule has 1 aliphatic heterocycles. The Balaban J connectivity index is 1.54. The molecule has 2 aromatic heterocycles. The molecular formula is C21H15N5OS. The van der Waals surface area contributed by atoms with Gasteiger partial charge in [-0.2, -0.15) is 0 Å². The number of carbonyl (C=O) groups is 1. The summed E-state index contributed by atoms with van der Waals surface area (Å²) in [6, 6.07) is 17.3. The summed E-state index contributed by atoms with van der Waals surface area (Å²) in [4.78, 5) is 33.9. The van der Waals surface area contributed by atoms with Gasteiger partial charge in [0.05, 0.1) is 17.9 Å². The Labute approximate surface area is 165 Å². The number of imidazole rings is 1. The molecule has 0 radical (unpaired) electrons. The number of fused-ring (bicyclic) bond motifs is 2. The first-order valence-electron chi connectivity index (χ1n) is 8.84. The highest BCUT2D eigenvalue weighted by Crippen LogP contribution is 2.36. The Morgan fingerprint density at radius 3 is 2.68 bits per heavy atom. The number of nitrogens with one attached hydrogen (secondary N) is 1. The van der Waals surface area contributed by atoms with E-state index in [0.29, 0.717) is 17.0 Å². The summed E-state index contributed by atoms with van der Waals surface area (Å²) in [5.74, 6) is 0.235. The van der Waals surface area contributed by atoms with E-state index in [1.165, 1.54) is 18.1 Å². The van der Waals surface area contributed by atoms with Crippen LogP contribution in [0.1, 0.15) is 21.8 Å². The second-order valence-electron chi connectivity index (χ2n) is 6.40. The van der Waals surface area contributed by atoms with E-state index >= 15 is 0 Å². The van der Waals surface area contributed by atoms with Crippen molar-refractivity contribution in [1.82, 2.24) is 19.9 Å². The Bertz CT molecular complexity index is 1200. The minimum Gasteiger partial charge on any atom is -0.329 e. The van der Waals surface area contributed by atoms with Gasteiger partial charge in [-0.1, -0.05) is 54.2 Å². The van der Waals surface area contributed by atoms with Crippen LogP contribution in [-0.4, -0.2) is 37.2 Å². The average molecular weight is 385 g/mol. The highest BCUT2D eigenvalue weighted by atomic mass is 32.2. The Hall–Kier alpha value is -3.32. The molecule has 1 unspecified atom stereocenters. The number of nitrogens with zero attached hydrogens (tertiary/aromatic N) is 4. The number of rotatable bonds is 4. The summed E-state index contributed by atoms with van der Waals surface area (Å²) in [6.45, 7) is 0. The van der Waals surface area contributed by atoms with E-state index in [9.17, 15) is 4.79 Å². The van der Waals surface area contributed by atoms with Gasteiger partial charge >= 0.3 is 0 Å². The van der Waals surface area contributed by atoms with Crippen molar-refractivity contribution >= 4 is 40.1 Å². The maximum atomic E-state index is 13.3. The molecule has 3 heterocycles. The maximum absolute atomic E-state index is 13.3. The lowest BCUT2D eigenvalue weighted by Crippen LogP contribution is -2.27. The lowest BCUT2D eigenvalue weighted by molar-refractivity contribution is 0.0981. The van der Waals surface area contributed by atoms with Crippen LogP contribution in [0.4, 0.5) is 5.69 Å². The molecule has 1 atom stereocenters. The fraction of sp³-hybridized carbons (Fsp3) is 0.0952. The standard InChI is InChI=1S/C21H15N5OS/c27-19-14-8-4-5-9-15(14)26-16(17(19)13-6-2-1-3-7-13)10-28-21-18-20(23-11-22-18)24-12-25-21/h1-9,11-12,17H,10H2,(H,22,23,24,25). The van der Waals surface area contributed by atoms with Gasteiger partial charge in [-0.3, -0.25) is 9.79 Å². The average Bonchev–Trinajstić information content (AvgIpc) is 3.22. The summed E-state index contributed by atoms with van der Waals surface area (Å²) in [5, 5.41) is 0.770. The predicted octanol–water partition coefficient (Wildman–Crippen LogP) is 4.20. The van der Waals surface area contributed by atoms with Crippen LogP contribution < -0.4 is 0 Å². The van der Waals surface area contributed by atoms with E-state index in [1.807, 2.05) is 54.6 Å². The lowest BCUT2D eigenvalue weighted by Gasteiger charge is -2.24. The third kappa shape index (κ3) is 2.90. The number of Topliss-reactive ketones (excluding diaryl/α,β-unsaturated/α-hetero) is 1. The van der Waals surface area contributed by atoms with E-state index in [0.717, 1.165) is 27.5 Å². The Kier molecular flexibility index (Phi) is 4.21. The Morgan fingerprint density at radius 2 is 1.79 bits per heavy atom. The Morgan fingerprint density at radius 1 is 0.964 bits per heavy atom. The fourth-order valence-electron chi connectivity index (χ4n) is 3.40. The third-order valence-electron chi connectivity index (χ3n) is 4.70. The molecule has 1 aliphatic rings. The van der Waals surface area contributed by atoms with Crippen molar-refractivity contribution in [3.05, 3.63) is 78.4 Å². The molecule has 0 bridgehead atoms. The minimum absolute atomic E-state index is 0.0833. The van der Waals surface area contributed by atoms with Crippen molar-refractivity contribution in [3.8, 4) is 0 Å². The quantitative estimate of drug-likeness (QED) is 0.420. The van der Waals surface area contributed by atoms with Crippen molar-refractivity contribution in [2.24, 2.45) is 4.99 Å². The maximum Gasteiger partial charge on any atom is 0.178 e. The van der Waals surface area contributed by atoms with Gasteiger partial charge in [0.15, 0.2) is 11.4 Å². The fourth-order valence-corrected chi connectivity index (χ4v) is 4.32. The molecule has 136 valence electrons. The number of benzene rings is 2. The molecule has 0 saturated carbocycles. The van der Waals surface area contributed by atoms with Crippen LogP contribution in [-0.2, 0) is 0 Å². The number of carbonyl (C=O) groups excluding carboxylic acids is 1. The zero-order chi connectivity index (χ0) is 18.9. The molecule has 28 heavy (non-hydrogen) atoms. The third-order valence-corrected chi connectivity index (χ3v) is 5.71. The van der Waals surface area contributed by atoms with Crippen LogP contribution in [0, 0.1) is 0 Å². The molecule has 7 heteroatoms. The van der Waals surface area contributed by atoms with Crippen LogP contribution in [0.15, 0.2) is 77.3 Å². The number of thioether (sulfide) groups is 1. The summed E-state index contributed by atoms with van der Waals surface area (Å²) in [7, 11) is 0. The van der Waals surface area contributed by atoms with Crippen molar-refractivity contribution in [2.45, 2.75) is 10.9 Å². The van der Waals surface area contributed by atoms with Gasteiger partial charge in [0.25, 0.3) is 0 Å². The van der Waals surface area contributed by atoms with Gasteiger partial charge in [-0.05, 0) is 17.7 Å². The number of H-pyrrole nitrogens is 1. The topological polar surface area (TPSA) is 83.9 Å². The van der Waals surface area contributed by atoms with Crippen LogP contribution in [0.2, 0.25) is 0 Å². The molecule has 0 saturated heterocycles. The highest BCUT2D eigenvalue weighted by Gasteiger charge is 2.32. The molecule has 6 nitrogen and oxygen atoms in total. The lowest BCUT2D eigenvalue weighted by atomic mass is 9.84. The predicted molar refractivity (Wildman–Crippen MR) is 109 cm³/mol. The zero-order valence-corrected chi connectivity index (χ0v) is 15.6. The number of aromatic nitrogens is 4. The smallest absolute Gasteiger partial charge is 0.178 e. The number of ketones is 1. The monoisotopic (exact) mass is 385 g/mol. The van der Waals surface area contributed by atoms with Crippen molar-refractivity contribution in [2.75, 3.05) is 5.75 Å². The molecule has 0 spiro atoms. The SMILES string of the molecule is O=C1c2ccccc2N=C(CSc2ncnc3[nH]cnc23)C1c1ccccc1. The van der Waals surface area contributed by atoms with E-state index < -0.39 is 0 Å². The number of hydrogen-bond donors (Lipinski definition) is 1. The van der Waals surface area contributed by atoms with E-state index in [-0.39, 0.29) is 11.7 Å². The van der Waals surface area contributed by atoms with E-state index in [2.05, 4.69) is 19.9 Å². The van der Waals surface area contributed by atoms with Crippen molar-refractivity contribution in [3.63, 3.8) is 0 Å². The first-order valence-corrected chi connectivity index (χ1v) is 9.82. The van der Waals surface area contributed by atoms with E-state index in [1.54, 1.807) is 6.33 Å². The number of aromatic amines is 1. The molecule has 5 rings (SSSR count). The summed E-state index contributed by atoms with van der Waals surface area (Å²) in [5.41, 5.74) is 4.59. The molecule has 1 N–H and O–H groups in total. The molecule has 0 fully saturated rings. The van der Waals surface area contributed by atoms with Crippen LogP contribution in [0.3, 0.4) is 0 Å². The normalized spacial score (nSPS) is 16.1. The molecule has 0 aliphatic carbocycles. The van der Waals surface area contributed by atoms with Gasteiger partial charge in [0, 0.05) is 17.0 Å². The number of aliphatic imine (C=N–C) groups is 1. The second-order valence-corrected chi connectivity index (χ2v) is 7.36. The molecular weight excluding hydrogens is 370 g/mol. The summed E-state index contributed by atoms with van der Waals surface area (Å²) >= 11 is 1.52. The van der Waals surface area contributed by atoms with Crippen molar-refractivity contribution < 1.29 is 4.79 Å². The molecule has 4 aromatic rings. The van der Waals surface area contributed by atoms with Crippen LogP contribution >= 0.6 is 11.8 Å². The van der Waals surface area contributed by atoms with Gasteiger partial charge in [-0.15, -0.1) is 0 Å². The van der Waals surface area contributed by atoms with Crippen LogP contribution in [0.5, 0.6) is 0 Å². The summed E-state index contributed by atoms with van der Waals surface area (Å²) < 4.78 is 0. The first-order chi connectivity index (χ1) is 13.8. The highest BCUT2D eigenvalue weighted by molar-refractivity contribution is 8.00. The van der Waals surface area contributed by atoms with Crippen LogP contribution in [0.25, 0.3) is 11.2 Å². The second kappa shape index (κ2) is 7.01. The van der Waals surface area contributed by atoms with Crippen molar-refractivity contribution in [1.29, 1.82) is 0 Å². The van der Waals surface area contributed by atoms with Gasteiger partial charge in [0.1, 0.15) is 16.9 Å². The van der Waals surface area contributed by atoms with E-state index in [4.69, 9.17) is 4.99 Å². The first kappa shape index (κ1) is 16.8. The zero-order valence-electron chi connectivity index (χ0n) is 14.7. The number of hydrogen-bond acceptors (Lipinski definition) is 6. The number of para-hydroxylation sites is 1. The minimum atomic E-state index is -0.389. The van der Waals surface area contributed by atoms with Gasteiger partial charge in [0.2, 0.25) is 0 Å². The summed E-state index contributed by atoms with van der Waals surface area (Å²) in [6.07, 6.45) is 3.12. The van der Waals surface area contributed by atoms with Gasteiger partial charge in [-0.25, -0.2) is 15.0 Å². The molecule has 2 aromatic carbocycles. The van der Waals surface area contributed by atoms with Gasteiger partial charge < -0.3 is 4.98 Å². The molecule has 0 amide bonds. The largest absolute Gasteiger partial charge is 0.329 e.